The Morgan fingerprint density at radius 2 is 1.90 bits per heavy atom. The monoisotopic (exact) mass is 327 g/mol. The maximum atomic E-state index is 11.1. The van der Waals surface area contributed by atoms with Crippen molar-refractivity contribution in [3.8, 4) is 11.5 Å². The zero-order valence-corrected chi connectivity index (χ0v) is 11.8. The Morgan fingerprint density at radius 1 is 1.19 bits per heavy atom. The van der Waals surface area contributed by atoms with Gasteiger partial charge in [-0.1, -0.05) is 29.3 Å². The summed E-state index contributed by atoms with van der Waals surface area (Å²) in [6.07, 6.45) is 0. The van der Waals surface area contributed by atoms with Crippen molar-refractivity contribution in [2.24, 2.45) is 0 Å². The Kier molecular flexibility index (Phi) is 4.30. The van der Waals surface area contributed by atoms with Crippen LogP contribution in [0.15, 0.2) is 36.4 Å². The molecule has 0 amide bonds. The lowest BCUT2D eigenvalue weighted by Crippen LogP contribution is -2.01. The number of nitro benzene ring substituents is 1. The number of aromatic carboxylic acids is 1. The maximum Gasteiger partial charge on any atom is 0.339 e. The van der Waals surface area contributed by atoms with E-state index < -0.39 is 16.6 Å². The van der Waals surface area contributed by atoms with E-state index in [-0.39, 0.29) is 27.1 Å². The van der Waals surface area contributed by atoms with Gasteiger partial charge in [0.1, 0.15) is 16.3 Å². The van der Waals surface area contributed by atoms with Gasteiger partial charge in [-0.05, 0) is 24.3 Å². The molecule has 8 heteroatoms. The maximum absolute atomic E-state index is 11.1. The molecule has 0 spiro atoms. The number of para-hydroxylation sites is 1. The molecular weight excluding hydrogens is 321 g/mol. The number of nitro groups is 1. The molecule has 0 heterocycles. The Hall–Kier alpha value is -2.31. The van der Waals surface area contributed by atoms with Crippen LogP contribution in [-0.4, -0.2) is 16.0 Å². The van der Waals surface area contributed by atoms with Crippen LogP contribution in [-0.2, 0) is 0 Å². The van der Waals surface area contributed by atoms with Gasteiger partial charge < -0.3 is 9.84 Å². The van der Waals surface area contributed by atoms with Gasteiger partial charge in [0, 0.05) is 11.1 Å². The summed E-state index contributed by atoms with van der Waals surface area (Å²) >= 11 is 11.5. The first-order valence-corrected chi connectivity index (χ1v) is 6.29. The highest BCUT2D eigenvalue weighted by atomic mass is 35.5. The van der Waals surface area contributed by atoms with Gasteiger partial charge in [0.2, 0.25) is 5.75 Å². The molecule has 6 nitrogen and oxygen atoms in total. The largest absolute Gasteiger partial charge is 0.478 e. The van der Waals surface area contributed by atoms with Crippen LogP contribution in [0.25, 0.3) is 0 Å². The second-order valence-electron chi connectivity index (χ2n) is 3.89. The fraction of sp³-hybridized carbons (Fsp3) is 0. The third-order valence-electron chi connectivity index (χ3n) is 2.53. The zero-order valence-electron chi connectivity index (χ0n) is 10.2. The molecule has 2 aromatic rings. The van der Waals surface area contributed by atoms with Crippen LogP contribution in [0.5, 0.6) is 11.5 Å². The first-order chi connectivity index (χ1) is 9.90. The van der Waals surface area contributed by atoms with Crippen LogP contribution in [0.4, 0.5) is 5.69 Å². The normalized spacial score (nSPS) is 10.2. The quantitative estimate of drug-likeness (QED) is 0.664. The lowest BCUT2D eigenvalue weighted by atomic mass is 10.2. The van der Waals surface area contributed by atoms with Gasteiger partial charge in [-0.2, -0.15) is 0 Å². The molecule has 0 aliphatic heterocycles. The van der Waals surface area contributed by atoms with Crippen LogP contribution in [0.1, 0.15) is 10.4 Å². The minimum absolute atomic E-state index is 0.111. The van der Waals surface area contributed by atoms with E-state index in [1.165, 1.54) is 36.4 Å². The average molecular weight is 328 g/mol. The summed E-state index contributed by atoms with van der Waals surface area (Å²) in [6, 6.07) is 7.99. The highest BCUT2D eigenvalue weighted by Gasteiger charge is 2.22. The van der Waals surface area contributed by atoms with Crippen LogP contribution < -0.4 is 4.74 Å². The van der Waals surface area contributed by atoms with Gasteiger partial charge in [0.05, 0.1) is 4.92 Å². The van der Waals surface area contributed by atoms with Gasteiger partial charge in [0.25, 0.3) is 0 Å². The molecule has 1 N–H and O–H groups in total. The average Bonchev–Trinajstić information content (AvgIpc) is 2.37. The third kappa shape index (κ3) is 3.24. The highest BCUT2D eigenvalue weighted by molar-refractivity contribution is 6.33. The lowest BCUT2D eigenvalue weighted by molar-refractivity contribution is -0.385. The van der Waals surface area contributed by atoms with Crippen molar-refractivity contribution in [3.05, 3.63) is 62.1 Å². The molecular formula is C13H7Cl2NO5. The molecule has 0 fully saturated rings. The van der Waals surface area contributed by atoms with Crippen molar-refractivity contribution in [2.75, 3.05) is 0 Å². The summed E-state index contributed by atoms with van der Waals surface area (Å²) in [5.74, 6) is -1.52. The second-order valence-corrected chi connectivity index (χ2v) is 4.74. The molecule has 0 bridgehead atoms. The van der Waals surface area contributed by atoms with E-state index in [9.17, 15) is 14.9 Å². The van der Waals surface area contributed by atoms with Crippen molar-refractivity contribution >= 4 is 34.9 Å². The summed E-state index contributed by atoms with van der Waals surface area (Å²) in [5.41, 5.74) is -0.621. The molecule has 0 saturated carbocycles. The number of hydrogen-bond donors (Lipinski definition) is 1. The number of benzene rings is 2. The molecule has 0 aliphatic rings. The summed E-state index contributed by atoms with van der Waals surface area (Å²) in [7, 11) is 0. The lowest BCUT2D eigenvalue weighted by Gasteiger charge is -2.10. The fourth-order valence-corrected chi connectivity index (χ4v) is 2.03. The third-order valence-corrected chi connectivity index (χ3v) is 3.07. The predicted octanol–water partition coefficient (Wildman–Crippen LogP) is 4.39. The second kappa shape index (κ2) is 5.99. The van der Waals surface area contributed by atoms with E-state index in [1.807, 2.05) is 0 Å². The summed E-state index contributed by atoms with van der Waals surface area (Å²) in [5, 5.41) is 20.2. The topological polar surface area (TPSA) is 89.7 Å². The molecule has 2 aromatic carbocycles. The number of nitrogens with zero attached hydrogens (tertiary/aromatic N) is 1. The highest BCUT2D eigenvalue weighted by Crippen LogP contribution is 2.38. The van der Waals surface area contributed by atoms with Gasteiger partial charge >= 0.3 is 11.7 Å². The zero-order chi connectivity index (χ0) is 15.6. The van der Waals surface area contributed by atoms with E-state index in [4.69, 9.17) is 33.0 Å². The molecule has 0 unspecified atom stereocenters. The van der Waals surface area contributed by atoms with E-state index in [0.29, 0.717) is 0 Å². The number of rotatable bonds is 4. The SMILES string of the molecule is O=C(O)c1ccc(Cl)cc1Oc1cccc(Cl)c1[N+](=O)[O-]. The summed E-state index contributed by atoms with van der Waals surface area (Å²) in [4.78, 5) is 21.4. The van der Waals surface area contributed by atoms with Crippen LogP contribution in [0.2, 0.25) is 10.0 Å². The summed E-state index contributed by atoms with van der Waals surface area (Å²) in [6.45, 7) is 0. The van der Waals surface area contributed by atoms with Crippen LogP contribution >= 0.6 is 23.2 Å². The Labute approximate surface area is 128 Å². The Balaban J connectivity index is 2.53. The predicted molar refractivity (Wildman–Crippen MR) is 76.6 cm³/mol. The first-order valence-electron chi connectivity index (χ1n) is 5.53. The van der Waals surface area contributed by atoms with Crippen molar-refractivity contribution in [2.45, 2.75) is 0 Å². The van der Waals surface area contributed by atoms with Gasteiger partial charge in [-0.25, -0.2) is 4.79 Å². The van der Waals surface area contributed by atoms with Crippen molar-refractivity contribution in [1.82, 2.24) is 0 Å². The Morgan fingerprint density at radius 3 is 2.52 bits per heavy atom. The van der Waals surface area contributed by atoms with Crippen molar-refractivity contribution in [1.29, 1.82) is 0 Å². The van der Waals surface area contributed by atoms with Crippen LogP contribution in [0, 0.1) is 10.1 Å². The smallest absolute Gasteiger partial charge is 0.339 e. The van der Waals surface area contributed by atoms with Crippen molar-refractivity contribution < 1.29 is 19.6 Å². The van der Waals surface area contributed by atoms with Crippen molar-refractivity contribution in [3.63, 3.8) is 0 Å². The molecule has 0 aromatic heterocycles. The fourth-order valence-electron chi connectivity index (χ4n) is 1.63. The summed E-state index contributed by atoms with van der Waals surface area (Å²) < 4.78 is 5.33. The molecule has 2 rings (SSSR count). The van der Waals surface area contributed by atoms with E-state index >= 15 is 0 Å². The van der Waals surface area contributed by atoms with E-state index in [0.717, 1.165) is 0 Å². The first kappa shape index (κ1) is 15.1. The standard InChI is InChI=1S/C13H7Cl2NO5/c14-7-4-5-8(13(17)18)11(6-7)21-10-3-1-2-9(15)12(10)16(19)20/h1-6H,(H,17,18). The number of hydrogen-bond acceptors (Lipinski definition) is 4. The van der Waals surface area contributed by atoms with E-state index in [1.54, 1.807) is 0 Å². The van der Waals surface area contributed by atoms with Gasteiger partial charge in [-0.3, -0.25) is 10.1 Å². The van der Waals surface area contributed by atoms with Gasteiger partial charge in [-0.15, -0.1) is 0 Å². The Bertz CT molecular complexity index is 732. The molecule has 0 radical (unpaired) electrons. The number of carboxylic acid groups (broad SMARTS) is 1. The minimum Gasteiger partial charge on any atom is -0.478 e. The molecule has 0 aliphatic carbocycles. The molecule has 21 heavy (non-hydrogen) atoms. The number of halogens is 2. The molecule has 0 saturated heterocycles. The number of carboxylic acids is 1. The minimum atomic E-state index is -1.24. The molecule has 108 valence electrons. The molecule has 0 atom stereocenters. The van der Waals surface area contributed by atoms with Crippen LogP contribution in [0.3, 0.4) is 0 Å². The number of ether oxygens (including phenoxy) is 1. The van der Waals surface area contributed by atoms with E-state index in [2.05, 4.69) is 0 Å². The van der Waals surface area contributed by atoms with Gasteiger partial charge in [0.15, 0.2) is 0 Å². The number of carbonyl (C=O) groups is 1.